The number of amides is 1. The van der Waals surface area contributed by atoms with Crippen molar-refractivity contribution in [2.75, 3.05) is 18.2 Å². The van der Waals surface area contributed by atoms with E-state index in [1.807, 2.05) is 19.9 Å². The Morgan fingerprint density at radius 2 is 1.90 bits per heavy atom. The van der Waals surface area contributed by atoms with Crippen LogP contribution in [0.25, 0.3) is 0 Å². The molecule has 2 aromatic carbocycles. The van der Waals surface area contributed by atoms with E-state index in [0.29, 0.717) is 16.9 Å². The molecule has 0 spiro atoms. The van der Waals surface area contributed by atoms with Crippen molar-refractivity contribution in [1.29, 1.82) is 0 Å². The van der Waals surface area contributed by atoms with Gasteiger partial charge in [-0.1, -0.05) is 6.07 Å². The third-order valence-electron chi connectivity index (χ3n) is 3.27. The van der Waals surface area contributed by atoms with Crippen LogP contribution in [0.1, 0.15) is 21.5 Å². The van der Waals surface area contributed by atoms with Gasteiger partial charge in [-0.05, 0) is 43.2 Å². The number of nitrogens with two attached hydrogens (primary N) is 1. The van der Waals surface area contributed by atoms with Crippen LogP contribution in [0, 0.1) is 19.7 Å². The molecule has 0 unspecified atom stereocenters. The van der Waals surface area contributed by atoms with Crippen molar-refractivity contribution in [2.45, 2.75) is 13.8 Å². The summed E-state index contributed by atoms with van der Waals surface area (Å²) >= 11 is 0. The topological polar surface area (TPSA) is 64.3 Å². The number of hydrogen-bond donors (Lipinski definition) is 2. The number of methoxy groups -OCH3 is 1. The van der Waals surface area contributed by atoms with Crippen LogP contribution in [-0.2, 0) is 0 Å². The standard InChI is InChI=1S/C16H17FN2O2/c1-9-6-10(2)13(18)8-12(9)16(20)19-14-5-4-11(17)7-15(14)21-3/h4-8H,18H2,1-3H3,(H,19,20). The smallest absolute Gasteiger partial charge is 0.256 e. The van der Waals surface area contributed by atoms with E-state index >= 15 is 0 Å². The number of carbonyl (C=O) groups excluding carboxylic acids is 1. The first-order valence-electron chi connectivity index (χ1n) is 6.44. The van der Waals surface area contributed by atoms with Crippen LogP contribution < -0.4 is 15.8 Å². The van der Waals surface area contributed by atoms with Crippen molar-refractivity contribution in [3.05, 3.63) is 52.8 Å². The highest BCUT2D eigenvalue weighted by Crippen LogP contribution is 2.26. The van der Waals surface area contributed by atoms with Crippen molar-refractivity contribution in [3.8, 4) is 5.75 Å². The lowest BCUT2D eigenvalue weighted by atomic mass is 10.0. The fraction of sp³-hybridized carbons (Fsp3) is 0.188. The minimum atomic E-state index is -0.430. The summed E-state index contributed by atoms with van der Waals surface area (Å²) in [6.45, 7) is 3.72. The van der Waals surface area contributed by atoms with Gasteiger partial charge in [0.1, 0.15) is 11.6 Å². The van der Waals surface area contributed by atoms with Gasteiger partial charge in [-0.15, -0.1) is 0 Å². The lowest BCUT2D eigenvalue weighted by molar-refractivity contribution is 0.102. The Labute approximate surface area is 122 Å². The largest absolute Gasteiger partial charge is 0.494 e. The maximum atomic E-state index is 13.1. The van der Waals surface area contributed by atoms with Gasteiger partial charge in [-0.25, -0.2) is 4.39 Å². The van der Waals surface area contributed by atoms with E-state index in [0.717, 1.165) is 11.1 Å². The molecule has 0 fully saturated rings. The highest BCUT2D eigenvalue weighted by atomic mass is 19.1. The number of halogens is 1. The highest BCUT2D eigenvalue weighted by molar-refractivity contribution is 6.06. The van der Waals surface area contributed by atoms with Crippen LogP contribution >= 0.6 is 0 Å². The second-order valence-electron chi connectivity index (χ2n) is 4.82. The molecule has 0 radical (unpaired) electrons. The number of nitrogen functional groups attached to an aromatic ring is 1. The molecule has 0 aliphatic heterocycles. The second kappa shape index (κ2) is 5.83. The molecule has 0 aliphatic rings. The van der Waals surface area contributed by atoms with Gasteiger partial charge in [0.15, 0.2) is 0 Å². The number of nitrogens with one attached hydrogen (secondary N) is 1. The Balaban J connectivity index is 2.32. The lowest BCUT2D eigenvalue weighted by Crippen LogP contribution is -2.15. The van der Waals surface area contributed by atoms with Crippen LogP contribution in [0.3, 0.4) is 0 Å². The Bertz CT molecular complexity index is 699. The van der Waals surface area contributed by atoms with Crippen LogP contribution in [0.2, 0.25) is 0 Å². The molecule has 0 saturated carbocycles. The number of carbonyl (C=O) groups is 1. The van der Waals surface area contributed by atoms with Crippen LogP contribution in [0.15, 0.2) is 30.3 Å². The summed E-state index contributed by atoms with van der Waals surface area (Å²) in [6.07, 6.45) is 0. The zero-order chi connectivity index (χ0) is 15.6. The molecule has 5 heteroatoms. The molecule has 0 atom stereocenters. The van der Waals surface area contributed by atoms with Crippen molar-refractivity contribution in [1.82, 2.24) is 0 Å². The summed E-state index contributed by atoms with van der Waals surface area (Å²) in [5.74, 6) is -0.481. The zero-order valence-corrected chi connectivity index (χ0v) is 12.2. The second-order valence-corrected chi connectivity index (χ2v) is 4.82. The van der Waals surface area contributed by atoms with Crippen molar-refractivity contribution in [3.63, 3.8) is 0 Å². The summed E-state index contributed by atoms with van der Waals surface area (Å²) < 4.78 is 18.2. The normalized spacial score (nSPS) is 10.3. The minimum Gasteiger partial charge on any atom is -0.494 e. The monoisotopic (exact) mass is 288 g/mol. The SMILES string of the molecule is COc1cc(F)ccc1NC(=O)c1cc(N)c(C)cc1C. The summed E-state index contributed by atoms with van der Waals surface area (Å²) in [5.41, 5.74) is 9.02. The predicted molar refractivity (Wildman–Crippen MR) is 81.2 cm³/mol. The number of hydrogen-bond acceptors (Lipinski definition) is 3. The summed E-state index contributed by atoms with van der Waals surface area (Å²) in [7, 11) is 1.42. The van der Waals surface area contributed by atoms with E-state index in [1.54, 1.807) is 6.07 Å². The molecule has 0 heterocycles. The lowest BCUT2D eigenvalue weighted by Gasteiger charge is -2.12. The molecular formula is C16H17FN2O2. The van der Waals surface area contributed by atoms with Gasteiger partial charge in [0.2, 0.25) is 0 Å². The maximum absolute atomic E-state index is 13.1. The van der Waals surface area contributed by atoms with Gasteiger partial charge in [-0.2, -0.15) is 0 Å². The zero-order valence-electron chi connectivity index (χ0n) is 12.2. The quantitative estimate of drug-likeness (QED) is 0.852. The molecule has 0 aromatic heterocycles. The molecule has 0 bridgehead atoms. The van der Waals surface area contributed by atoms with Gasteiger partial charge in [0.25, 0.3) is 5.91 Å². The Hall–Kier alpha value is -2.56. The average Bonchev–Trinajstić information content (AvgIpc) is 2.44. The van der Waals surface area contributed by atoms with Gasteiger partial charge >= 0.3 is 0 Å². The highest BCUT2D eigenvalue weighted by Gasteiger charge is 2.14. The molecule has 2 rings (SSSR count). The minimum absolute atomic E-state index is 0.265. The first-order chi connectivity index (χ1) is 9.92. The van der Waals surface area contributed by atoms with Gasteiger partial charge in [0.05, 0.1) is 12.8 Å². The number of rotatable bonds is 3. The fourth-order valence-electron chi connectivity index (χ4n) is 2.07. The summed E-state index contributed by atoms with van der Waals surface area (Å²) in [5, 5.41) is 2.71. The molecule has 1 amide bonds. The fourth-order valence-corrected chi connectivity index (χ4v) is 2.07. The van der Waals surface area contributed by atoms with Gasteiger partial charge < -0.3 is 15.8 Å². The van der Waals surface area contributed by atoms with Crippen molar-refractivity contribution in [2.24, 2.45) is 0 Å². The molecule has 4 nitrogen and oxygen atoms in total. The first-order valence-corrected chi connectivity index (χ1v) is 6.44. The molecule has 110 valence electrons. The van der Waals surface area contributed by atoms with E-state index < -0.39 is 5.82 Å². The molecule has 0 saturated heterocycles. The Morgan fingerprint density at radius 1 is 1.19 bits per heavy atom. The van der Waals surface area contributed by atoms with Crippen LogP contribution in [0.5, 0.6) is 5.75 Å². The number of benzene rings is 2. The molecule has 0 aliphatic carbocycles. The first kappa shape index (κ1) is 14.8. The van der Waals surface area contributed by atoms with E-state index in [4.69, 9.17) is 10.5 Å². The Kier molecular flexibility index (Phi) is 4.12. The van der Waals surface area contributed by atoms with Crippen molar-refractivity contribution >= 4 is 17.3 Å². The van der Waals surface area contributed by atoms with Gasteiger partial charge in [0, 0.05) is 17.3 Å². The third kappa shape index (κ3) is 3.13. The predicted octanol–water partition coefficient (Wildman–Crippen LogP) is 3.29. The summed E-state index contributed by atoms with van der Waals surface area (Å²) in [4.78, 5) is 12.3. The number of ether oxygens (including phenoxy) is 1. The molecule has 21 heavy (non-hydrogen) atoms. The maximum Gasteiger partial charge on any atom is 0.256 e. The number of aryl methyl sites for hydroxylation is 2. The van der Waals surface area contributed by atoms with E-state index in [2.05, 4.69) is 5.32 Å². The summed E-state index contributed by atoms with van der Waals surface area (Å²) in [6, 6.07) is 7.42. The average molecular weight is 288 g/mol. The van der Waals surface area contributed by atoms with Crippen LogP contribution in [0.4, 0.5) is 15.8 Å². The van der Waals surface area contributed by atoms with Crippen molar-refractivity contribution < 1.29 is 13.9 Å². The van der Waals surface area contributed by atoms with E-state index in [1.165, 1.54) is 25.3 Å². The molecule has 3 N–H and O–H groups in total. The number of anilines is 2. The van der Waals surface area contributed by atoms with E-state index in [9.17, 15) is 9.18 Å². The van der Waals surface area contributed by atoms with E-state index in [-0.39, 0.29) is 11.7 Å². The van der Waals surface area contributed by atoms with Crippen LogP contribution in [-0.4, -0.2) is 13.0 Å². The molecule has 2 aromatic rings. The Morgan fingerprint density at radius 3 is 2.57 bits per heavy atom. The molecular weight excluding hydrogens is 271 g/mol. The van der Waals surface area contributed by atoms with Gasteiger partial charge in [-0.3, -0.25) is 4.79 Å². The third-order valence-corrected chi connectivity index (χ3v) is 3.27.